The predicted molar refractivity (Wildman–Crippen MR) is 68.8 cm³/mol. The van der Waals surface area contributed by atoms with Crippen LogP contribution in [0.2, 0.25) is 0 Å². The molecule has 0 saturated carbocycles. The summed E-state index contributed by atoms with van der Waals surface area (Å²) in [6.07, 6.45) is 0.193. The van der Waals surface area contributed by atoms with E-state index in [0.717, 1.165) is 0 Å². The Morgan fingerprint density at radius 2 is 2.06 bits per heavy atom. The van der Waals surface area contributed by atoms with E-state index in [0.29, 0.717) is 11.3 Å². The fourth-order valence-electron chi connectivity index (χ4n) is 1.18. The van der Waals surface area contributed by atoms with Crippen LogP contribution in [-0.2, 0) is 4.79 Å². The molecule has 1 amide bonds. The Morgan fingerprint density at radius 3 is 2.56 bits per heavy atom. The highest BCUT2D eigenvalue weighted by atomic mass is 35.5. The number of rotatable bonds is 5. The highest BCUT2D eigenvalue weighted by molar-refractivity contribution is 6.18. The first-order valence-corrected chi connectivity index (χ1v) is 5.72. The Bertz CT molecular complexity index is 471. The van der Waals surface area contributed by atoms with Crippen molar-refractivity contribution in [2.45, 2.75) is 13.3 Å². The maximum absolute atomic E-state index is 11.1. The summed E-state index contributed by atoms with van der Waals surface area (Å²) in [6, 6.07) is 5.92. The third kappa shape index (κ3) is 4.14. The Kier molecular flexibility index (Phi) is 5.26. The van der Waals surface area contributed by atoms with E-state index in [1.807, 2.05) is 0 Å². The lowest BCUT2D eigenvalue weighted by molar-refractivity contribution is -0.384. The first-order chi connectivity index (χ1) is 8.54. The molecule has 0 aromatic heterocycles. The fourth-order valence-corrected chi connectivity index (χ4v) is 1.35. The zero-order valence-corrected chi connectivity index (χ0v) is 10.5. The van der Waals surface area contributed by atoms with Crippen molar-refractivity contribution in [2.24, 2.45) is 5.10 Å². The second-order valence-corrected chi connectivity index (χ2v) is 3.85. The van der Waals surface area contributed by atoms with Crippen molar-refractivity contribution in [1.29, 1.82) is 0 Å². The van der Waals surface area contributed by atoms with E-state index in [-0.39, 0.29) is 23.9 Å². The van der Waals surface area contributed by atoms with E-state index in [2.05, 4.69) is 10.5 Å². The molecule has 1 N–H and O–H groups in total. The summed E-state index contributed by atoms with van der Waals surface area (Å²) in [4.78, 5) is 21.1. The van der Waals surface area contributed by atoms with Crippen molar-refractivity contribution in [2.75, 3.05) is 5.88 Å². The quantitative estimate of drug-likeness (QED) is 0.384. The molecule has 0 fully saturated rings. The minimum atomic E-state index is -0.474. The van der Waals surface area contributed by atoms with E-state index in [4.69, 9.17) is 11.6 Å². The topological polar surface area (TPSA) is 84.6 Å². The number of halogens is 1. The molecule has 96 valence electrons. The SMILES string of the molecule is C/C(=N\NC(=O)CCCl)c1ccc([N+](=O)[O-])cc1. The molecule has 0 unspecified atom stereocenters. The van der Waals surface area contributed by atoms with Gasteiger partial charge in [-0.15, -0.1) is 11.6 Å². The van der Waals surface area contributed by atoms with Crippen LogP contribution in [0.1, 0.15) is 18.9 Å². The number of non-ortho nitro benzene ring substituents is 1. The summed E-state index contributed by atoms with van der Waals surface area (Å²) in [6.45, 7) is 1.70. The highest BCUT2D eigenvalue weighted by Crippen LogP contribution is 2.12. The summed E-state index contributed by atoms with van der Waals surface area (Å²) in [5.41, 5.74) is 3.63. The van der Waals surface area contributed by atoms with Crippen LogP contribution in [0.4, 0.5) is 5.69 Å². The lowest BCUT2D eigenvalue weighted by atomic mass is 10.1. The summed E-state index contributed by atoms with van der Waals surface area (Å²) in [7, 11) is 0. The largest absolute Gasteiger partial charge is 0.273 e. The van der Waals surface area contributed by atoms with Gasteiger partial charge in [0.05, 0.1) is 10.6 Å². The maximum atomic E-state index is 11.1. The Balaban J connectivity index is 2.71. The van der Waals surface area contributed by atoms with Gasteiger partial charge in [-0.2, -0.15) is 5.10 Å². The lowest BCUT2D eigenvalue weighted by Gasteiger charge is -2.01. The van der Waals surface area contributed by atoms with Gasteiger partial charge in [0.1, 0.15) is 0 Å². The van der Waals surface area contributed by atoms with Crippen LogP contribution >= 0.6 is 11.6 Å². The van der Waals surface area contributed by atoms with Crippen molar-refractivity contribution in [3.8, 4) is 0 Å². The standard InChI is InChI=1S/C11H12ClN3O3/c1-8(13-14-11(16)6-7-12)9-2-4-10(5-3-9)15(17)18/h2-5H,6-7H2,1H3,(H,14,16)/b13-8+. The second-order valence-electron chi connectivity index (χ2n) is 3.48. The van der Waals surface area contributed by atoms with Gasteiger partial charge in [0.25, 0.3) is 5.69 Å². The Labute approximate surface area is 109 Å². The molecule has 1 aromatic rings. The van der Waals surface area contributed by atoms with Crippen LogP contribution < -0.4 is 5.43 Å². The second kappa shape index (κ2) is 6.70. The summed E-state index contributed by atoms with van der Waals surface area (Å²) < 4.78 is 0. The number of nitrogens with zero attached hydrogens (tertiary/aromatic N) is 2. The minimum Gasteiger partial charge on any atom is -0.273 e. The van der Waals surface area contributed by atoms with Crippen LogP contribution in [0, 0.1) is 10.1 Å². The van der Waals surface area contributed by atoms with Gasteiger partial charge >= 0.3 is 0 Å². The molecule has 18 heavy (non-hydrogen) atoms. The third-order valence-corrected chi connectivity index (χ3v) is 2.35. The summed E-state index contributed by atoms with van der Waals surface area (Å²) in [5.74, 6) is -0.0379. The van der Waals surface area contributed by atoms with Crippen molar-refractivity contribution in [3.63, 3.8) is 0 Å². The molecule has 7 heteroatoms. The van der Waals surface area contributed by atoms with E-state index < -0.39 is 4.92 Å². The van der Waals surface area contributed by atoms with Gasteiger partial charge in [-0.25, -0.2) is 5.43 Å². The normalized spacial score (nSPS) is 11.1. The van der Waals surface area contributed by atoms with Crippen LogP contribution in [0.25, 0.3) is 0 Å². The van der Waals surface area contributed by atoms with E-state index in [1.165, 1.54) is 12.1 Å². The first kappa shape index (κ1) is 14.1. The molecular weight excluding hydrogens is 258 g/mol. The Hall–Kier alpha value is -1.95. The lowest BCUT2D eigenvalue weighted by Crippen LogP contribution is -2.19. The number of nitro groups is 1. The van der Waals surface area contributed by atoms with Crippen molar-refractivity contribution in [1.82, 2.24) is 5.43 Å². The van der Waals surface area contributed by atoms with Crippen molar-refractivity contribution in [3.05, 3.63) is 39.9 Å². The molecule has 0 aliphatic heterocycles. The number of alkyl halides is 1. The molecule has 0 saturated heterocycles. The molecule has 1 aromatic carbocycles. The van der Waals surface area contributed by atoms with Gasteiger partial charge in [0.15, 0.2) is 0 Å². The molecule has 0 heterocycles. The Morgan fingerprint density at radius 1 is 1.44 bits per heavy atom. The van der Waals surface area contributed by atoms with Crippen LogP contribution in [0.15, 0.2) is 29.4 Å². The van der Waals surface area contributed by atoms with E-state index in [9.17, 15) is 14.9 Å². The summed E-state index contributed by atoms with van der Waals surface area (Å²) in [5, 5.41) is 14.4. The molecule has 0 aliphatic carbocycles. The molecule has 1 rings (SSSR count). The molecule has 0 atom stereocenters. The number of carbonyl (C=O) groups is 1. The van der Waals surface area contributed by atoms with Gasteiger partial charge in [-0.1, -0.05) is 0 Å². The highest BCUT2D eigenvalue weighted by Gasteiger charge is 2.05. The average Bonchev–Trinajstić information content (AvgIpc) is 2.36. The van der Waals surface area contributed by atoms with Gasteiger partial charge < -0.3 is 0 Å². The van der Waals surface area contributed by atoms with E-state index >= 15 is 0 Å². The zero-order chi connectivity index (χ0) is 13.5. The molecule has 0 spiro atoms. The number of hydrogen-bond acceptors (Lipinski definition) is 4. The summed E-state index contributed by atoms with van der Waals surface area (Å²) >= 11 is 5.40. The monoisotopic (exact) mass is 269 g/mol. The molecule has 0 radical (unpaired) electrons. The number of hydrazone groups is 1. The molecule has 0 bridgehead atoms. The number of carbonyl (C=O) groups excluding carboxylic acids is 1. The predicted octanol–water partition coefficient (Wildman–Crippen LogP) is 2.06. The first-order valence-electron chi connectivity index (χ1n) is 5.18. The zero-order valence-electron chi connectivity index (χ0n) is 9.72. The van der Waals surface area contributed by atoms with Gasteiger partial charge in [-0.05, 0) is 24.6 Å². The van der Waals surface area contributed by atoms with Gasteiger partial charge in [-0.3, -0.25) is 14.9 Å². The number of nitrogens with one attached hydrogen (secondary N) is 1. The molecule has 0 aliphatic rings. The van der Waals surface area contributed by atoms with Crippen LogP contribution in [-0.4, -0.2) is 22.4 Å². The third-order valence-electron chi connectivity index (χ3n) is 2.17. The van der Waals surface area contributed by atoms with Crippen molar-refractivity contribution >= 4 is 28.9 Å². The number of hydrogen-bond donors (Lipinski definition) is 1. The average molecular weight is 270 g/mol. The number of benzene rings is 1. The van der Waals surface area contributed by atoms with Gasteiger partial charge in [0, 0.05) is 24.4 Å². The molecule has 6 nitrogen and oxygen atoms in total. The number of amides is 1. The van der Waals surface area contributed by atoms with E-state index in [1.54, 1.807) is 19.1 Å². The fraction of sp³-hybridized carbons (Fsp3) is 0.273. The van der Waals surface area contributed by atoms with Crippen LogP contribution in [0.3, 0.4) is 0 Å². The minimum absolute atomic E-state index is 0.0118. The van der Waals surface area contributed by atoms with Crippen molar-refractivity contribution < 1.29 is 9.72 Å². The molecular formula is C11H12ClN3O3. The van der Waals surface area contributed by atoms with Crippen LogP contribution in [0.5, 0.6) is 0 Å². The maximum Gasteiger partial charge on any atom is 0.269 e. The number of nitro benzene ring substituents is 1. The van der Waals surface area contributed by atoms with Gasteiger partial charge in [0.2, 0.25) is 5.91 Å². The smallest absolute Gasteiger partial charge is 0.269 e.